The largest absolute Gasteiger partial charge is 0.491 e. The van der Waals surface area contributed by atoms with Crippen molar-refractivity contribution in [2.75, 3.05) is 31.4 Å². The molecule has 2 N–H and O–H groups in total. The SMILES string of the molecule is O=C(NCCN1C(=O)C2(COc3cc4c(cc32)OCO4)c2ccccc21)NCc1ccc(Cl)cc1Cl. The maximum absolute atomic E-state index is 13.9. The zero-order valence-corrected chi connectivity index (χ0v) is 20.5. The van der Waals surface area contributed by atoms with E-state index in [1.165, 1.54) is 0 Å². The lowest BCUT2D eigenvalue weighted by molar-refractivity contribution is -0.122. The Bertz CT molecular complexity index is 1400. The number of para-hydroxylation sites is 1. The molecule has 0 aliphatic carbocycles. The van der Waals surface area contributed by atoms with Crippen LogP contribution in [0.4, 0.5) is 10.5 Å². The second-order valence-electron chi connectivity index (χ2n) is 8.71. The Hall–Kier alpha value is -3.62. The van der Waals surface area contributed by atoms with Crippen molar-refractivity contribution in [3.05, 3.63) is 81.3 Å². The number of hydrogen-bond acceptors (Lipinski definition) is 5. The molecule has 0 fully saturated rings. The van der Waals surface area contributed by atoms with E-state index < -0.39 is 5.41 Å². The normalized spacial score (nSPS) is 18.7. The van der Waals surface area contributed by atoms with E-state index in [4.69, 9.17) is 37.4 Å². The molecule has 0 radical (unpaired) electrons. The molecule has 1 unspecified atom stereocenters. The lowest BCUT2D eigenvalue weighted by Gasteiger charge is -2.23. The van der Waals surface area contributed by atoms with Crippen molar-refractivity contribution in [1.82, 2.24) is 10.6 Å². The predicted octanol–water partition coefficient (Wildman–Crippen LogP) is 4.25. The highest BCUT2D eigenvalue weighted by atomic mass is 35.5. The molecule has 3 aliphatic heterocycles. The number of nitrogens with one attached hydrogen (secondary N) is 2. The number of benzene rings is 3. The van der Waals surface area contributed by atoms with Crippen LogP contribution in [0, 0.1) is 0 Å². The van der Waals surface area contributed by atoms with E-state index in [1.807, 2.05) is 30.3 Å². The van der Waals surface area contributed by atoms with Gasteiger partial charge in [-0.05, 0) is 35.4 Å². The van der Waals surface area contributed by atoms with Crippen LogP contribution in [0.5, 0.6) is 17.2 Å². The Labute approximate surface area is 217 Å². The van der Waals surface area contributed by atoms with Crippen molar-refractivity contribution in [2.45, 2.75) is 12.0 Å². The topological polar surface area (TPSA) is 89.1 Å². The van der Waals surface area contributed by atoms with Gasteiger partial charge in [-0.1, -0.05) is 47.5 Å². The van der Waals surface area contributed by atoms with Crippen molar-refractivity contribution in [1.29, 1.82) is 0 Å². The molecular weight excluding hydrogens is 505 g/mol. The molecule has 3 aliphatic rings. The Morgan fingerprint density at radius 2 is 1.75 bits per heavy atom. The standard InChI is InChI=1S/C26H21Cl2N3O5/c27-16-6-5-15(19(28)9-16)12-30-25(33)29-7-8-31-20-4-2-1-3-17(20)26(24(31)32)13-34-21-11-23-22(10-18(21)26)35-14-36-23/h1-6,9-11H,7-8,12-14H2,(H2,29,30,33). The molecule has 36 heavy (non-hydrogen) atoms. The Morgan fingerprint density at radius 3 is 2.58 bits per heavy atom. The highest BCUT2D eigenvalue weighted by Crippen LogP contribution is 2.54. The lowest BCUT2D eigenvalue weighted by atomic mass is 9.77. The third kappa shape index (κ3) is 3.60. The Balaban J connectivity index is 1.17. The van der Waals surface area contributed by atoms with Gasteiger partial charge in [-0.2, -0.15) is 0 Å². The second-order valence-corrected chi connectivity index (χ2v) is 9.56. The maximum atomic E-state index is 13.9. The monoisotopic (exact) mass is 525 g/mol. The van der Waals surface area contributed by atoms with Gasteiger partial charge in [0.2, 0.25) is 12.7 Å². The van der Waals surface area contributed by atoms with Gasteiger partial charge < -0.3 is 29.7 Å². The molecule has 6 rings (SSSR count). The van der Waals surface area contributed by atoms with Crippen molar-refractivity contribution in [3.8, 4) is 17.2 Å². The van der Waals surface area contributed by atoms with E-state index in [0.29, 0.717) is 33.8 Å². The fraction of sp³-hybridized carbons (Fsp3) is 0.231. The van der Waals surface area contributed by atoms with E-state index in [0.717, 1.165) is 22.4 Å². The summed E-state index contributed by atoms with van der Waals surface area (Å²) in [6.45, 7) is 1.13. The quantitative estimate of drug-likeness (QED) is 0.519. The van der Waals surface area contributed by atoms with Gasteiger partial charge in [-0.25, -0.2) is 4.79 Å². The van der Waals surface area contributed by atoms with Crippen molar-refractivity contribution in [2.24, 2.45) is 0 Å². The fourth-order valence-electron chi connectivity index (χ4n) is 4.97. The highest BCUT2D eigenvalue weighted by Gasteiger charge is 2.57. The molecule has 1 spiro atoms. The lowest BCUT2D eigenvalue weighted by Crippen LogP contribution is -2.46. The summed E-state index contributed by atoms with van der Waals surface area (Å²) in [6.07, 6.45) is 0. The minimum Gasteiger partial charge on any atom is -0.491 e. The average molecular weight is 526 g/mol. The molecule has 1 atom stereocenters. The number of anilines is 1. The third-order valence-electron chi connectivity index (χ3n) is 6.72. The summed E-state index contributed by atoms with van der Waals surface area (Å²) in [7, 11) is 0. The van der Waals surface area contributed by atoms with Crippen LogP contribution in [-0.4, -0.2) is 38.4 Å². The summed E-state index contributed by atoms with van der Waals surface area (Å²) in [5, 5.41) is 6.60. The number of halogens is 2. The smallest absolute Gasteiger partial charge is 0.315 e. The molecule has 8 nitrogen and oxygen atoms in total. The van der Waals surface area contributed by atoms with Crippen LogP contribution in [0.15, 0.2) is 54.6 Å². The molecular formula is C26H21Cl2N3O5. The molecule has 10 heteroatoms. The summed E-state index contributed by atoms with van der Waals surface area (Å²) in [5.41, 5.74) is 2.21. The van der Waals surface area contributed by atoms with Gasteiger partial charge >= 0.3 is 6.03 Å². The molecule has 0 bridgehead atoms. The number of hydrogen-bond donors (Lipinski definition) is 2. The third-order valence-corrected chi connectivity index (χ3v) is 7.31. The van der Waals surface area contributed by atoms with E-state index in [1.54, 1.807) is 29.2 Å². The van der Waals surface area contributed by atoms with Gasteiger partial charge in [0.15, 0.2) is 11.5 Å². The number of ether oxygens (including phenoxy) is 3. The van der Waals surface area contributed by atoms with Gasteiger partial charge in [-0.15, -0.1) is 0 Å². The van der Waals surface area contributed by atoms with E-state index >= 15 is 0 Å². The Morgan fingerprint density at radius 1 is 0.944 bits per heavy atom. The summed E-state index contributed by atoms with van der Waals surface area (Å²) in [4.78, 5) is 28.0. The number of fused-ring (bicyclic) bond motifs is 5. The number of carbonyl (C=O) groups excluding carboxylic acids is 2. The van der Waals surface area contributed by atoms with Gasteiger partial charge in [0, 0.05) is 47.0 Å². The molecule has 0 aromatic heterocycles. The van der Waals surface area contributed by atoms with Gasteiger partial charge in [0.05, 0.1) is 0 Å². The number of amides is 3. The van der Waals surface area contributed by atoms with E-state index in [2.05, 4.69) is 10.6 Å². The zero-order valence-electron chi connectivity index (χ0n) is 19.0. The van der Waals surface area contributed by atoms with Crippen molar-refractivity contribution >= 4 is 40.8 Å². The summed E-state index contributed by atoms with van der Waals surface area (Å²) in [6, 6.07) is 16.0. The molecule has 3 amide bonds. The first-order chi connectivity index (χ1) is 17.5. The van der Waals surface area contributed by atoms with Crippen LogP contribution < -0.4 is 29.7 Å². The molecule has 0 saturated carbocycles. The average Bonchev–Trinajstić information content (AvgIpc) is 3.54. The molecule has 3 heterocycles. The highest BCUT2D eigenvalue weighted by molar-refractivity contribution is 6.35. The van der Waals surface area contributed by atoms with Gasteiger partial charge in [0.25, 0.3) is 0 Å². The van der Waals surface area contributed by atoms with Crippen LogP contribution in [-0.2, 0) is 16.8 Å². The molecule has 3 aromatic rings. The maximum Gasteiger partial charge on any atom is 0.315 e. The van der Waals surface area contributed by atoms with Gasteiger partial charge in [0.1, 0.15) is 17.8 Å². The summed E-state index contributed by atoms with van der Waals surface area (Å²) >= 11 is 12.1. The van der Waals surface area contributed by atoms with Crippen LogP contribution >= 0.6 is 23.2 Å². The number of nitrogens with zero attached hydrogens (tertiary/aromatic N) is 1. The second kappa shape index (κ2) is 8.80. The number of rotatable bonds is 5. The molecule has 0 saturated heterocycles. The van der Waals surface area contributed by atoms with Crippen LogP contribution in [0.1, 0.15) is 16.7 Å². The van der Waals surface area contributed by atoms with Gasteiger partial charge in [-0.3, -0.25) is 4.79 Å². The summed E-state index contributed by atoms with van der Waals surface area (Å²) < 4.78 is 17.0. The van der Waals surface area contributed by atoms with Crippen molar-refractivity contribution < 1.29 is 23.8 Å². The number of carbonyl (C=O) groups is 2. The Kier molecular flexibility index (Phi) is 5.58. The summed E-state index contributed by atoms with van der Waals surface area (Å²) in [5.74, 6) is 1.72. The van der Waals surface area contributed by atoms with Crippen LogP contribution in [0.3, 0.4) is 0 Å². The zero-order chi connectivity index (χ0) is 24.9. The van der Waals surface area contributed by atoms with Crippen LogP contribution in [0.2, 0.25) is 10.0 Å². The molecule has 184 valence electrons. The van der Waals surface area contributed by atoms with E-state index in [9.17, 15) is 9.59 Å². The number of urea groups is 1. The minimum absolute atomic E-state index is 0.100. The van der Waals surface area contributed by atoms with Crippen LogP contribution in [0.25, 0.3) is 0 Å². The van der Waals surface area contributed by atoms with Crippen molar-refractivity contribution in [3.63, 3.8) is 0 Å². The fourth-order valence-corrected chi connectivity index (χ4v) is 5.45. The predicted molar refractivity (Wildman–Crippen MR) is 134 cm³/mol. The first-order valence-corrected chi connectivity index (χ1v) is 12.2. The molecule has 3 aromatic carbocycles. The minimum atomic E-state index is -0.972. The first kappa shape index (κ1) is 22.8. The first-order valence-electron chi connectivity index (χ1n) is 11.4. The van der Waals surface area contributed by atoms with E-state index in [-0.39, 0.29) is 38.4 Å².